The Balaban J connectivity index is 2.09. The molecule has 0 saturated carbocycles. The number of fused-ring (bicyclic) bond motifs is 1. The Kier molecular flexibility index (Phi) is 5.56. The maximum absolute atomic E-state index is 12.1. The van der Waals surface area contributed by atoms with Crippen LogP contribution in [0.5, 0.6) is 0 Å². The number of carbonyl (C=O) groups excluding carboxylic acids is 2. The van der Waals surface area contributed by atoms with E-state index >= 15 is 0 Å². The van der Waals surface area contributed by atoms with Gasteiger partial charge < -0.3 is 15.8 Å². The fraction of sp³-hybridized carbons (Fsp3) is 0.412. The molecule has 0 radical (unpaired) electrons. The minimum atomic E-state index is -0.374. The van der Waals surface area contributed by atoms with Crippen molar-refractivity contribution in [2.24, 2.45) is 11.7 Å². The van der Waals surface area contributed by atoms with Crippen molar-refractivity contribution in [1.29, 1.82) is 0 Å². The molecular weight excluding hydrogens is 280 g/mol. The Bertz CT molecular complexity index is 629. The first-order chi connectivity index (χ1) is 10.6. The molecule has 1 heterocycles. The third-order valence-electron chi connectivity index (χ3n) is 3.58. The zero-order valence-corrected chi connectivity index (χ0v) is 12.6. The van der Waals surface area contributed by atoms with Crippen LogP contribution in [0.15, 0.2) is 18.2 Å². The van der Waals surface area contributed by atoms with Crippen molar-refractivity contribution in [1.82, 2.24) is 0 Å². The van der Waals surface area contributed by atoms with Gasteiger partial charge in [0.25, 0.3) is 0 Å². The number of anilines is 1. The Morgan fingerprint density at radius 2 is 2.32 bits per heavy atom. The summed E-state index contributed by atoms with van der Waals surface area (Å²) in [4.78, 5) is 23.4. The Labute approximate surface area is 130 Å². The third-order valence-corrected chi connectivity index (χ3v) is 3.58. The van der Waals surface area contributed by atoms with Crippen LogP contribution in [0.3, 0.4) is 0 Å². The van der Waals surface area contributed by atoms with E-state index in [1.54, 1.807) is 0 Å². The second-order valence-corrected chi connectivity index (χ2v) is 5.24. The van der Waals surface area contributed by atoms with Crippen molar-refractivity contribution in [2.75, 3.05) is 19.0 Å². The molecule has 116 valence electrons. The number of ether oxygens (including phenoxy) is 1. The van der Waals surface area contributed by atoms with Gasteiger partial charge in [-0.3, -0.25) is 9.59 Å². The van der Waals surface area contributed by atoms with E-state index in [4.69, 9.17) is 5.73 Å². The minimum absolute atomic E-state index is 0.0996. The SMILES string of the molecule is COC(=O)CC1Cc2ccc(C#CCCCN)cc2NC1=O. The number of benzene rings is 1. The lowest BCUT2D eigenvalue weighted by Gasteiger charge is -2.24. The normalized spacial score (nSPS) is 16.1. The van der Waals surface area contributed by atoms with Crippen molar-refractivity contribution in [3.05, 3.63) is 29.3 Å². The predicted octanol–water partition coefficient (Wildman–Crippen LogP) is 1.45. The molecule has 1 aromatic rings. The largest absolute Gasteiger partial charge is 0.469 e. The van der Waals surface area contributed by atoms with Crippen LogP contribution < -0.4 is 11.1 Å². The molecule has 5 nitrogen and oxygen atoms in total. The van der Waals surface area contributed by atoms with Gasteiger partial charge >= 0.3 is 5.97 Å². The molecular formula is C17H20N2O3. The molecule has 1 unspecified atom stereocenters. The van der Waals surface area contributed by atoms with E-state index in [1.807, 2.05) is 18.2 Å². The summed E-state index contributed by atoms with van der Waals surface area (Å²) in [6, 6.07) is 5.75. The second kappa shape index (κ2) is 7.62. The average molecular weight is 300 g/mol. The molecule has 1 amide bonds. The topological polar surface area (TPSA) is 81.4 Å². The third kappa shape index (κ3) is 4.09. The minimum Gasteiger partial charge on any atom is -0.469 e. The molecule has 2 rings (SSSR count). The highest BCUT2D eigenvalue weighted by atomic mass is 16.5. The van der Waals surface area contributed by atoms with E-state index < -0.39 is 0 Å². The smallest absolute Gasteiger partial charge is 0.306 e. The highest BCUT2D eigenvalue weighted by Gasteiger charge is 2.28. The summed E-state index contributed by atoms with van der Waals surface area (Å²) in [5, 5.41) is 2.85. The van der Waals surface area contributed by atoms with Crippen LogP contribution in [0.4, 0.5) is 5.69 Å². The van der Waals surface area contributed by atoms with Crippen molar-refractivity contribution >= 4 is 17.6 Å². The lowest BCUT2D eigenvalue weighted by atomic mass is 9.90. The molecule has 0 spiro atoms. The number of amides is 1. The zero-order valence-electron chi connectivity index (χ0n) is 12.6. The predicted molar refractivity (Wildman–Crippen MR) is 84.1 cm³/mol. The first-order valence-corrected chi connectivity index (χ1v) is 7.33. The lowest BCUT2D eigenvalue weighted by molar-refractivity contribution is -0.143. The standard InChI is InChI=1S/C17H20N2O3/c1-22-16(20)11-14-10-13-7-6-12(5-3-2-4-8-18)9-15(13)19-17(14)21/h6-7,9,14H,2,4,8,10-11,18H2,1H3,(H,19,21). The number of unbranched alkanes of at least 4 members (excludes halogenated alkanes) is 1. The van der Waals surface area contributed by atoms with Crippen LogP contribution in [-0.2, 0) is 20.7 Å². The van der Waals surface area contributed by atoms with E-state index in [9.17, 15) is 9.59 Å². The van der Waals surface area contributed by atoms with Crippen LogP contribution in [0.25, 0.3) is 0 Å². The summed E-state index contributed by atoms with van der Waals surface area (Å²) in [7, 11) is 1.33. The quantitative estimate of drug-likeness (QED) is 0.501. The van der Waals surface area contributed by atoms with E-state index in [-0.39, 0.29) is 24.2 Å². The highest BCUT2D eigenvalue weighted by molar-refractivity contribution is 5.97. The van der Waals surface area contributed by atoms with Crippen LogP contribution in [0.1, 0.15) is 30.4 Å². The number of hydrogen-bond donors (Lipinski definition) is 2. The van der Waals surface area contributed by atoms with Gasteiger partial charge in [0.05, 0.1) is 19.4 Å². The van der Waals surface area contributed by atoms with E-state index in [1.165, 1.54) is 7.11 Å². The number of methoxy groups -OCH3 is 1. The molecule has 3 N–H and O–H groups in total. The molecule has 22 heavy (non-hydrogen) atoms. The molecule has 0 bridgehead atoms. The van der Waals surface area contributed by atoms with Crippen molar-refractivity contribution in [3.8, 4) is 11.8 Å². The molecule has 1 aliphatic rings. The molecule has 1 aromatic carbocycles. The number of nitrogens with one attached hydrogen (secondary N) is 1. The van der Waals surface area contributed by atoms with E-state index in [2.05, 4.69) is 21.9 Å². The van der Waals surface area contributed by atoms with E-state index in [0.717, 1.165) is 29.7 Å². The average Bonchev–Trinajstić information content (AvgIpc) is 2.52. The lowest BCUT2D eigenvalue weighted by Crippen LogP contribution is -2.31. The summed E-state index contributed by atoms with van der Waals surface area (Å²) in [6.07, 6.45) is 2.28. The number of hydrogen-bond acceptors (Lipinski definition) is 4. The van der Waals surface area contributed by atoms with Crippen LogP contribution >= 0.6 is 0 Å². The molecule has 0 saturated heterocycles. The van der Waals surface area contributed by atoms with Gasteiger partial charge in [-0.2, -0.15) is 0 Å². The van der Waals surface area contributed by atoms with Gasteiger partial charge in [-0.25, -0.2) is 0 Å². The summed E-state index contributed by atoms with van der Waals surface area (Å²) >= 11 is 0. The fourth-order valence-electron chi connectivity index (χ4n) is 2.35. The molecule has 0 aliphatic carbocycles. The molecule has 0 fully saturated rings. The van der Waals surface area contributed by atoms with Gasteiger partial charge in [-0.15, -0.1) is 0 Å². The van der Waals surface area contributed by atoms with Gasteiger partial charge in [-0.05, 0) is 37.1 Å². The molecule has 1 aliphatic heterocycles. The number of esters is 1. The van der Waals surface area contributed by atoms with Gasteiger partial charge in [-0.1, -0.05) is 17.9 Å². The maximum Gasteiger partial charge on any atom is 0.306 e. The summed E-state index contributed by atoms with van der Waals surface area (Å²) < 4.78 is 4.63. The van der Waals surface area contributed by atoms with Gasteiger partial charge in [0.1, 0.15) is 0 Å². The first-order valence-electron chi connectivity index (χ1n) is 7.33. The zero-order chi connectivity index (χ0) is 15.9. The second-order valence-electron chi connectivity index (χ2n) is 5.24. The number of rotatable bonds is 4. The van der Waals surface area contributed by atoms with Crippen molar-refractivity contribution < 1.29 is 14.3 Å². The summed E-state index contributed by atoms with van der Waals surface area (Å²) in [5.74, 6) is 5.23. The van der Waals surface area contributed by atoms with Gasteiger partial charge in [0, 0.05) is 17.7 Å². The van der Waals surface area contributed by atoms with Gasteiger partial charge in [0.15, 0.2) is 0 Å². The number of nitrogens with two attached hydrogens (primary N) is 1. The van der Waals surface area contributed by atoms with Crippen LogP contribution in [-0.4, -0.2) is 25.5 Å². The van der Waals surface area contributed by atoms with E-state index in [0.29, 0.717) is 13.0 Å². The van der Waals surface area contributed by atoms with Crippen LogP contribution in [0.2, 0.25) is 0 Å². The van der Waals surface area contributed by atoms with Crippen molar-refractivity contribution in [2.45, 2.75) is 25.7 Å². The fourth-order valence-corrected chi connectivity index (χ4v) is 2.35. The molecule has 0 aromatic heterocycles. The Morgan fingerprint density at radius 3 is 3.05 bits per heavy atom. The summed E-state index contributed by atoms with van der Waals surface area (Å²) in [5.41, 5.74) is 8.08. The molecule has 1 atom stereocenters. The maximum atomic E-state index is 12.1. The van der Waals surface area contributed by atoms with Crippen LogP contribution in [0, 0.1) is 17.8 Å². The Hall–Kier alpha value is -2.32. The molecule has 5 heteroatoms. The first kappa shape index (κ1) is 16.1. The summed E-state index contributed by atoms with van der Waals surface area (Å²) in [6.45, 7) is 0.635. The highest BCUT2D eigenvalue weighted by Crippen LogP contribution is 2.28. The Morgan fingerprint density at radius 1 is 1.50 bits per heavy atom. The monoisotopic (exact) mass is 300 g/mol. The van der Waals surface area contributed by atoms with Crippen molar-refractivity contribution in [3.63, 3.8) is 0 Å². The number of carbonyl (C=O) groups is 2. The van der Waals surface area contributed by atoms with Gasteiger partial charge in [0.2, 0.25) is 5.91 Å².